The molecule has 31 heavy (non-hydrogen) atoms. The summed E-state index contributed by atoms with van der Waals surface area (Å²) >= 11 is 0. The molecule has 1 aromatic carbocycles. The summed E-state index contributed by atoms with van der Waals surface area (Å²) < 4.78 is 10.5. The normalized spacial score (nSPS) is 16.5. The topological polar surface area (TPSA) is 132 Å². The molecule has 0 saturated carbocycles. The highest BCUT2D eigenvalue weighted by Crippen LogP contribution is 2.25. The van der Waals surface area contributed by atoms with Gasteiger partial charge in [-0.15, -0.1) is 0 Å². The van der Waals surface area contributed by atoms with Gasteiger partial charge in [-0.2, -0.15) is 5.01 Å². The maximum atomic E-state index is 13.4. The van der Waals surface area contributed by atoms with Gasteiger partial charge < -0.3 is 29.5 Å². The number of hydrogen-bond donors (Lipinski definition) is 3. The molecular formula is C20H30N4O7. The Hall–Kier alpha value is -3.21. The Labute approximate surface area is 181 Å². The van der Waals surface area contributed by atoms with Crippen LogP contribution in [0.25, 0.3) is 0 Å². The number of hydrogen-bond acceptors (Lipinski definition) is 6. The van der Waals surface area contributed by atoms with Crippen molar-refractivity contribution < 1.29 is 34.1 Å². The number of urea groups is 1. The molecule has 2 rings (SSSR count). The fourth-order valence-electron chi connectivity index (χ4n) is 3.18. The molecule has 1 aliphatic heterocycles. The van der Waals surface area contributed by atoms with Gasteiger partial charge in [0.15, 0.2) is 0 Å². The molecule has 11 heteroatoms. The fourth-order valence-corrected chi connectivity index (χ4v) is 3.18. The third-order valence-corrected chi connectivity index (χ3v) is 4.64. The molecule has 1 aliphatic rings. The van der Waals surface area contributed by atoms with Crippen molar-refractivity contribution in [2.75, 3.05) is 38.4 Å². The van der Waals surface area contributed by atoms with Crippen molar-refractivity contribution in [2.45, 2.75) is 39.3 Å². The van der Waals surface area contributed by atoms with E-state index in [-0.39, 0.29) is 19.6 Å². The zero-order valence-corrected chi connectivity index (χ0v) is 18.4. The number of rotatable bonds is 3. The van der Waals surface area contributed by atoms with Crippen LogP contribution in [0.3, 0.4) is 0 Å². The van der Waals surface area contributed by atoms with E-state index in [1.165, 1.54) is 12.0 Å². The zero-order chi connectivity index (χ0) is 23.3. The van der Waals surface area contributed by atoms with Crippen LogP contribution in [0, 0.1) is 6.92 Å². The van der Waals surface area contributed by atoms with Crippen molar-refractivity contribution in [3.05, 3.63) is 23.8 Å². The Balaban J connectivity index is 2.34. The molecule has 172 valence electrons. The number of benzene rings is 1. The number of methoxy groups -OCH3 is 1. The molecule has 3 N–H and O–H groups in total. The number of ether oxygens (including phenoxy) is 2. The average Bonchev–Trinajstić information content (AvgIpc) is 2.69. The van der Waals surface area contributed by atoms with Gasteiger partial charge in [-0.25, -0.2) is 19.8 Å². The van der Waals surface area contributed by atoms with Gasteiger partial charge in [-0.05, 0) is 51.5 Å². The maximum Gasteiger partial charge on any atom is 0.427 e. The monoisotopic (exact) mass is 438 g/mol. The quantitative estimate of drug-likeness (QED) is 0.615. The fraction of sp³-hybridized carbons (Fsp3) is 0.550. The third-order valence-electron chi connectivity index (χ3n) is 4.64. The minimum Gasteiger partial charge on any atom is -0.496 e. The van der Waals surface area contributed by atoms with Gasteiger partial charge in [0.1, 0.15) is 11.4 Å². The van der Waals surface area contributed by atoms with E-state index in [0.717, 1.165) is 15.5 Å². The third kappa shape index (κ3) is 6.14. The van der Waals surface area contributed by atoms with Gasteiger partial charge in [0.05, 0.1) is 25.4 Å². The second-order valence-electron chi connectivity index (χ2n) is 8.14. The molecule has 0 bridgehead atoms. The Morgan fingerprint density at radius 1 is 1.26 bits per heavy atom. The molecule has 1 fully saturated rings. The molecule has 1 aromatic rings. The van der Waals surface area contributed by atoms with Crippen molar-refractivity contribution in [1.29, 1.82) is 0 Å². The minimum absolute atomic E-state index is 0.0422. The predicted octanol–water partition coefficient (Wildman–Crippen LogP) is 2.03. The van der Waals surface area contributed by atoms with Gasteiger partial charge in [0, 0.05) is 19.6 Å². The number of nitrogens with one attached hydrogen (secondary N) is 1. The van der Waals surface area contributed by atoms with Crippen molar-refractivity contribution in [2.24, 2.45) is 0 Å². The van der Waals surface area contributed by atoms with Crippen LogP contribution in [0.1, 0.15) is 26.3 Å². The lowest BCUT2D eigenvalue weighted by Crippen LogP contribution is -2.63. The van der Waals surface area contributed by atoms with Crippen LogP contribution in [0.2, 0.25) is 0 Å². The zero-order valence-electron chi connectivity index (χ0n) is 18.4. The summed E-state index contributed by atoms with van der Waals surface area (Å²) in [5.74, 6) is 0.608. The van der Waals surface area contributed by atoms with Crippen LogP contribution in [-0.4, -0.2) is 83.2 Å². The molecular weight excluding hydrogens is 408 g/mol. The highest BCUT2D eigenvalue weighted by atomic mass is 16.6. The standard InChI is InChI=1S/C20H30N4O7/c1-13-10-14(6-7-16(13)30-5)24(21-17(26)31-20(2,3)4)18(27)23-9-8-22(19(28)29)11-15(23)12-25/h6-7,10,15,25H,8-9,11-12H2,1-5H3,(H,21,26)(H,28,29). The molecule has 0 aromatic heterocycles. The number of hydrazine groups is 1. The second-order valence-corrected chi connectivity index (χ2v) is 8.14. The Morgan fingerprint density at radius 2 is 1.94 bits per heavy atom. The molecule has 4 amide bonds. The number of piperazine rings is 1. The molecule has 1 unspecified atom stereocenters. The second kappa shape index (κ2) is 9.73. The summed E-state index contributed by atoms with van der Waals surface area (Å²) in [5, 5.41) is 20.0. The summed E-state index contributed by atoms with van der Waals surface area (Å²) in [4.78, 5) is 39.5. The van der Waals surface area contributed by atoms with E-state index in [0.29, 0.717) is 11.4 Å². The number of anilines is 1. The number of carbonyl (C=O) groups excluding carboxylic acids is 2. The van der Waals surface area contributed by atoms with Crippen LogP contribution in [-0.2, 0) is 4.74 Å². The number of aryl methyl sites for hydroxylation is 1. The minimum atomic E-state index is -1.12. The van der Waals surface area contributed by atoms with Gasteiger partial charge in [0.25, 0.3) is 0 Å². The lowest BCUT2D eigenvalue weighted by molar-refractivity contribution is 0.0489. The van der Waals surface area contributed by atoms with Crippen molar-refractivity contribution >= 4 is 23.9 Å². The first-order chi connectivity index (χ1) is 14.5. The molecule has 0 spiro atoms. The van der Waals surface area contributed by atoms with Crippen LogP contribution in [0.4, 0.5) is 20.1 Å². The van der Waals surface area contributed by atoms with Gasteiger partial charge >= 0.3 is 18.2 Å². The average molecular weight is 438 g/mol. The van der Waals surface area contributed by atoms with Gasteiger partial charge in [-0.3, -0.25) is 0 Å². The summed E-state index contributed by atoms with van der Waals surface area (Å²) in [6.45, 7) is 6.55. The highest BCUT2D eigenvalue weighted by Gasteiger charge is 2.36. The summed E-state index contributed by atoms with van der Waals surface area (Å²) in [7, 11) is 1.53. The van der Waals surface area contributed by atoms with Crippen molar-refractivity contribution in [1.82, 2.24) is 15.2 Å². The van der Waals surface area contributed by atoms with Gasteiger partial charge in [0.2, 0.25) is 0 Å². The van der Waals surface area contributed by atoms with Crippen LogP contribution < -0.4 is 15.2 Å². The lowest BCUT2D eigenvalue weighted by atomic mass is 10.1. The predicted molar refractivity (Wildman–Crippen MR) is 112 cm³/mol. The molecule has 0 radical (unpaired) electrons. The summed E-state index contributed by atoms with van der Waals surface area (Å²) in [6.07, 6.45) is -1.96. The maximum absolute atomic E-state index is 13.4. The van der Waals surface area contributed by atoms with Crippen molar-refractivity contribution in [3.63, 3.8) is 0 Å². The SMILES string of the molecule is COc1ccc(N(NC(=O)OC(C)(C)C)C(=O)N2CCN(C(=O)O)CC2CO)cc1C. The Bertz CT molecular complexity index is 824. The first-order valence-electron chi connectivity index (χ1n) is 9.80. The molecule has 1 heterocycles. The van der Waals surface area contributed by atoms with E-state index < -0.39 is 36.5 Å². The smallest absolute Gasteiger partial charge is 0.427 e. The number of aliphatic hydroxyl groups is 1. The van der Waals surface area contributed by atoms with E-state index in [2.05, 4.69) is 5.43 Å². The first-order valence-corrected chi connectivity index (χ1v) is 9.80. The van der Waals surface area contributed by atoms with Crippen LogP contribution >= 0.6 is 0 Å². The summed E-state index contributed by atoms with van der Waals surface area (Å²) in [5.41, 5.74) is 2.76. The molecule has 11 nitrogen and oxygen atoms in total. The lowest BCUT2D eigenvalue weighted by Gasteiger charge is -2.41. The molecule has 1 atom stereocenters. The highest BCUT2D eigenvalue weighted by molar-refractivity contribution is 5.94. The number of amides is 4. The number of aliphatic hydroxyl groups excluding tert-OH is 1. The van der Waals surface area contributed by atoms with Crippen LogP contribution in [0.15, 0.2) is 18.2 Å². The molecule has 1 saturated heterocycles. The summed E-state index contributed by atoms with van der Waals surface area (Å²) in [6, 6.07) is 3.53. The Morgan fingerprint density at radius 3 is 2.45 bits per heavy atom. The first kappa shape index (κ1) is 24.1. The Kier molecular flexibility index (Phi) is 7.55. The van der Waals surface area contributed by atoms with Gasteiger partial charge in [-0.1, -0.05) is 0 Å². The number of nitrogens with zero attached hydrogens (tertiary/aromatic N) is 3. The van der Waals surface area contributed by atoms with E-state index >= 15 is 0 Å². The van der Waals surface area contributed by atoms with E-state index in [4.69, 9.17) is 9.47 Å². The largest absolute Gasteiger partial charge is 0.496 e. The van der Waals surface area contributed by atoms with E-state index in [1.54, 1.807) is 45.9 Å². The number of carbonyl (C=O) groups is 3. The van der Waals surface area contributed by atoms with E-state index in [1.807, 2.05) is 0 Å². The molecule has 0 aliphatic carbocycles. The van der Waals surface area contributed by atoms with Crippen molar-refractivity contribution in [3.8, 4) is 5.75 Å². The van der Waals surface area contributed by atoms with Crippen LogP contribution in [0.5, 0.6) is 5.75 Å². The number of carboxylic acid groups (broad SMARTS) is 1. The van der Waals surface area contributed by atoms with E-state index in [9.17, 15) is 24.6 Å².